The fraction of sp³-hybridized carbons (Fsp3) is 0.300. The molecule has 3 heteroatoms. The van der Waals surface area contributed by atoms with Gasteiger partial charge >= 0.3 is 5.97 Å². The summed E-state index contributed by atoms with van der Waals surface area (Å²) in [6.07, 6.45) is 2.26. The van der Waals surface area contributed by atoms with E-state index in [0.29, 0.717) is 17.2 Å². The van der Waals surface area contributed by atoms with Crippen LogP contribution in [-0.4, -0.2) is 11.1 Å². The van der Waals surface area contributed by atoms with Crippen LogP contribution in [0.3, 0.4) is 0 Å². The molecule has 68 valence electrons. The van der Waals surface area contributed by atoms with Crippen LogP contribution in [0.5, 0.6) is 0 Å². The van der Waals surface area contributed by atoms with Crippen LogP contribution in [0.15, 0.2) is 18.2 Å². The molecular formula is C10H11NO2. The molecule has 2 rings (SSSR count). The zero-order chi connectivity index (χ0) is 9.42. The molecular weight excluding hydrogens is 166 g/mol. The van der Waals surface area contributed by atoms with Crippen LogP contribution >= 0.6 is 0 Å². The van der Waals surface area contributed by atoms with E-state index in [2.05, 4.69) is 0 Å². The number of carboxylic acid groups (broad SMARTS) is 1. The topological polar surface area (TPSA) is 63.3 Å². The van der Waals surface area contributed by atoms with Crippen molar-refractivity contribution in [1.82, 2.24) is 0 Å². The Bertz CT molecular complexity index is 356. The van der Waals surface area contributed by atoms with Gasteiger partial charge in [-0.15, -0.1) is 0 Å². The van der Waals surface area contributed by atoms with Crippen LogP contribution in [0.2, 0.25) is 0 Å². The largest absolute Gasteiger partial charge is 0.478 e. The first kappa shape index (κ1) is 8.10. The molecule has 0 bridgehead atoms. The summed E-state index contributed by atoms with van der Waals surface area (Å²) in [6.45, 7) is 0. The molecule has 13 heavy (non-hydrogen) atoms. The van der Waals surface area contributed by atoms with Gasteiger partial charge in [0.25, 0.3) is 0 Å². The SMILES string of the molecule is Nc1ccc(C(=O)O)cc1C1CC1. The second-order valence-corrected chi connectivity index (χ2v) is 3.42. The Morgan fingerprint density at radius 1 is 1.46 bits per heavy atom. The van der Waals surface area contributed by atoms with Crippen LogP contribution in [0.25, 0.3) is 0 Å². The lowest BCUT2D eigenvalue weighted by molar-refractivity contribution is 0.0697. The summed E-state index contributed by atoms with van der Waals surface area (Å²) in [6, 6.07) is 4.91. The number of carboxylic acids is 1. The first-order chi connectivity index (χ1) is 6.18. The van der Waals surface area contributed by atoms with E-state index in [-0.39, 0.29) is 0 Å². The van der Waals surface area contributed by atoms with Gasteiger partial charge in [-0.3, -0.25) is 0 Å². The molecule has 0 unspecified atom stereocenters. The van der Waals surface area contributed by atoms with Crippen LogP contribution in [0, 0.1) is 0 Å². The van der Waals surface area contributed by atoms with Crippen LogP contribution in [-0.2, 0) is 0 Å². The van der Waals surface area contributed by atoms with Crippen molar-refractivity contribution in [2.45, 2.75) is 18.8 Å². The first-order valence-corrected chi connectivity index (χ1v) is 4.31. The van der Waals surface area contributed by atoms with Crippen molar-refractivity contribution in [1.29, 1.82) is 0 Å². The van der Waals surface area contributed by atoms with E-state index in [4.69, 9.17) is 10.8 Å². The monoisotopic (exact) mass is 177 g/mol. The average molecular weight is 177 g/mol. The Labute approximate surface area is 76.2 Å². The molecule has 3 N–H and O–H groups in total. The number of aromatic carboxylic acids is 1. The van der Waals surface area contributed by atoms with E-state index in [1.54, 1.807) is 18.2 Å². The van der Waals surface area contributed by atoms with E-state index in [9.17, 15) is 4.79 Å². The predicted octanol–water partition coefficient (Wildman–Crippen LogP) is 1.84. The highest BCUT2D eigenvalue weighted by Gasteiger charge is 2.26. The number of nitrogens with two attached hydrogens (primary N) is 1. The van der Waals surface area contributed by atoms with Gasteiger partial charge in [0.1, 0.15) is 0 Å². The number of nitrogen functional groups attached to an aromatic ring is 1. The number of hydrogen-bond acceptors (Lipinski definition) is 2. The van der Waals surface area contributed by atoms with Crippen molar-refractivity contribution in [2.75, 3.05) is 5.73 Å². The summed E-state index contributed by atoms with van der Waals surface area (Å²) in [4.78, 5) is 10.7. The third-order valence-electron chi connectivity index (χ3n) is 2.35. The van der Waals surface area contributed by atoms with E-state index in [1.165, 1.54) is 0 Å². The normalized spacial score (nSPS) is 15.7. The molecule has 0 spiro atoms. The Hall–Kier alpha value is -1.51. The maximum absolute atomic E-state index is 10.7. The summed E-state index contributed by atoms with van der Waals surface area (Å²) in [5.41, 5.74) is 7.78. The number of hydrogen-bond donors (Lipinski definition) is 2. The van der Waals surface area contributed by atoms with Gasteiger partial charge in [0.15, 0.2) is 0 Å². The zero-order valence-electron chi connectivity index (χ0n) is 7.16. The fourth-order valence-corrected chi connectivity index (χ4v) is 1.46. The number of anilines is 1. The number of benzene rings is 1. The molecule has 1 aliphatic carbocycles. The Balaban J connectivity index is 2.41. The summed E-state index contributed by atoms with van der Waals surface area (Å²) in [5, 5.41) is 8.76. The smallest absolute Gasteiger partial charge is 0.335 e. The molecule has 0 aromatic heterocycles. The highest BCUT2D eigenvalue weighted by atomic mass is 16.4. The summed E-state index contributed by atoms with van der Waals surface area (Å²) >= 11 is 0. The van der Waals surface area contributed by atoms with Crippen molar-refractivity contribution < 1.29 is 9.90 Å². The molecule has 0 saturated heterocycles. The second-order valence-electron chi connectivity index (χ2n) is 3.42. The maximum Gasteiger partial charge on any atom is 0.335 e. The molecule has 0 aliphatic heterocycles. The molecule has 0 amide bonds. The Morgan fingerprint density at radius 2 is 2.15 bits per heavy atom. The highest BCUT2D eigenvalue weighted by molar-refractivity contribution is 5.88. The van der Waals surface area contributed by atoms with E-state index >= 15 is 0 Å². The minimum atomic E-state index is -0.887. The molecule has 0 heterocycles. The molecule has 3 nitrogen and oxygen atoms in total. The van der Waals surface area contributed by atoms with E-state index in [0.717, 1.165) is 18.4 Å². The van der Waals surface area contributed by atoms with Crippen molar-refractivity contribution >= 4 is 11.7 Å². The van der Waals surface area contributed by atoms with Gasteiger partial charge in [0.05, 0.1) is 5.56 Å². The molecule has 0 atom stereocenters. The molecule has 1 saturated carbocycles. The lowest BCUT2D eigenvalue weighted by Gasteiger charge is -2.04. The van der Waals surface area contributed by atoms with Crippen molar-refractivity contribution in [3.8, 4) is 0 Å². The molecule has 1 fully saturated rings. The van der Waals surface area contributed by atoms with Gasteiger partial charge < -0.3 is 10.8 Å². The van der Waals surface area contributed by atoms with Crippen LogP contribution in [0.4, 0.5) is 5.69 Å². The minimum Gasteiger partial charge on any atom is -0.478 e. The molecule has 0 radical (unpaired) electrons. The van der Waals surface area contributed by atoms with Gasteiger partial charge in [-0.25, -0.2) is 4.79 Å². The second kappa shape index (κ2) is 2.76. The standard InChI is InChI=1S/C10H11NO2/c11-9-4-3-7(10(12)13)5-8(9)6-1-2-6/h3-6H,1-2,11H2,(H,12,13). The summed E-state index contributed by atoms with van der Waals surface area (Å²) in [7, 11) is 0. The molecule has 1 aromatic carbocycles. The fourth-order valence-electron chi connectivity index (χ4n) is 1.46. The predicted molar refractivity (Wildman–Crippen MR) is 49.8 cm³/mol. The average Bonchev–Trinajstić information content (AvgIpc) is 2.87. The lowest BCUT2D eigenvalue weighted by Crippen LogP contribution is -2.00. The summed E-state index contributed by atoms with van der Waals surface area (Å²) < 4.78 is 0. The minimum absolute atomic E-state index is 0.330. The van der Waals surface area contributed by atoms with Crippen molar-refractivity contribution in [3.63, 3.8) is 0 Å². The van der Waals surface area contributed by atoms with Gasteiger partial charge in [-0.1, -0.05) is 0 Å². The number of carbonyl (C=O) groups is 1. The third kappa shape index (κ3) is 1.49. The zero-order valence-corrected chi connectivity index (χ0v) is 7.16. The molecule has 1 aromatic rings. The lowest BCUT2D eigenvalue weighted by atomic mass is 10.1. The number of rotatable bonds is 2. The maximum atomic E-state index is 10.7. The summed E-state index contributed by atoms with van der Waals surface area (Å²) in [5.74, 6) is -0.388. The quantitative estimate of drug-likeness (QED) is 0.677. The van der Waals surface area contributed by atoms with Crippen molar-refractivity contribution in [2.24, 2.45) is 0 Å². The highest BCUT2D eigenvalue weighted by Crippen LogP contribution is 2.42. The van der Waals surface area contributed by atoms with Gasteiger partial charge in [0.2, 0.25) is 0 Å². The van der Waals surface area contributed by atoms with Gasteiger partial charge in [-0.2, -0.15) is 0 Å². The molecule has 1 aliphatic rings. The van der Waals surface area contributed by atoms with Gasteiger partial charge in [0, 0.05) is 5.69 Å². The van der Waals surface area contributed by atoms with Crippen molar-refractivity contribution in [3.05, 3.63) is 29.3 Å². The van der Waals surface area contributed by atoms with Crippen LogP contribution < -0.4 is 5.73 Å². The van der Waals surface area contributed by atoms with Gasteiger partial charge in [-0.05, 0) is 42.5 Å². The van der Waals surface area contributed by atoms with Crippen LogP contribution in [0.1, 0.15) is 34.7 Å². The Morgan fingerprint density at radius 3 is 2.69 bits per heavy atom. The third-order valence-corrected chi connectivity index (χ3v) is 2.35. The first-order valence-electron chi connectivity index (χ1n) is 4.31. The van der Waals surface area contributed by atoms with E-state index < -0.39 is 5.97 Å². The van der Waals surface area contributed by atoms with E-state index in [1.807, 2.05) is 0 Å². The Kier molecular flexibility index (Phi) is 1.72.